The molecular weight excluding hydrogens is 372 g/mol. The Labute approximate surface area is 176 Å². The summed E-state index contributed by atoms with van der Waals surface area (Å²) in [5.41, 5.74) is 3.87. The summed E-state index contributed by atoms with van der Waals surface area (Å²) in [4.78, 5) is 12.6. The van der Waals surface area contributed by atoms with Crippen molar-refractivity contribution in [1.29, 1.82) is 0 Å². The molecule has 0 aromatic heterocycles. The zero-order valence-corrected chi connectivity index (χ0v) is 16.8. The average Bonchev–Trinajstić information content (AvgIpc) is 2.80. The number of aliphatic hydroxyl groups is 1. The van der Waals surface area contributed by atoms with Gasteiger partial charge in [-0.3, -0.25) is 4.79 Å². The van der Waals surface area contributed by atoms with Crippen LogP contribution in [-0.4, -0.2) is 16.7 Å². The number of allylic oxidation sites excluding steroid dienone is 2. The molecule has 3 rings (SSSR count). The van der Waals surface area contributed by atoms with Gasteiger partial charge in [0.2, 0.25) is 0 Å². The number of rotatable bonds is 7. The molecule has 0 unspecified atom stereocenters. The van der Waals surface area contributed by atoms with Crippen LogP contribution in [0.2, 0.25) is 0 Å². The van der Waals surface area contributed by atoms with Crippen molar-refractivity contribution in [3.8, 4) is 0 Å². The molecule has 0 aliphatic rings. The fourth-order valence-electron chi connectivity index (χ4n) is 2.74. The Morgan fingerprint density at radius 2 is 1.23 bits per heavy atom. The van der Waals surface area contributed by atoms with Crippen LogP contribution in [0.3, 0.4) is 0 Å². The number of nitrogens with zero attached hydrogens (tertiary/aromatic N) is 1. The zero-order chi connectivity index (χ0) is 21.2. The second-order valence-corrected chi connectivity index (χ2v) is 6.90. The van der Waals surface area contributed by atoms with Gasteiger partial charge < -0.3 is 5.11 Å². The summed E-state index contributed by atoms with van der Waals surface area (Å²) in [6, 6.07) is 28.4. The molecule has 0 saturated heterocycles. The zero-order valence-electron chi connectivity index (χ0n) is 16.8. The van der Waals surface area contributed by atoms with Gasteiger partial charge >= 0.3 is 0 Å². The van der Waals surface area contributed by atoms with Crippen LogP contribution in [0, 0.1) is 0 Å². The lowest BCUT2D eigenvalue weighted by atomic mass is 9.95. The van der Waals surface area contributed by atoms with Crippen molar-refractivity contribution in [2.45, 2.75) is 12.5 Å². The Kier molecular flexibility index (Phi) is 7.09. The van der Waals surface area contributed by atoms with Crippen LogP contribution < -0.4 is 5.43 Å². The third-order valence-electron chi connectivity index (χ3n) is 4.56. The molecule has 0 heterocycles. The van der Waals surface area contributed by atoms with E-state index < -0.39 is 11.5 Å². The summed E-state index contributed by atoms with van der Waals surface area (Å²) in [5.74, 6) is -0.604. The minimum Gasteiger partial charge on any atom is -0.375 e. The van der Waals surface area contributed by atoms with E-state index in [0.29, 0.717) is 11.3 Å². The topological polar surface area (TPSA) is 61.7 Å². The van der Waals surface area contributed by atoms with Crippen LogP contribution in [0.25, 0.3) is 12.2 Å². The largest absolute Gasteiger partial charge is 0.375 e. The van der Waals surface area contributed by atoms with Crippen LogP contribution >= 0.6 is 0 Å². The van der Waals surface area contributed by atoms with E-state index in [4.69, 9.17) is 0 Å². The van der Waals surface area contributed by atoms with E-state index in [2.05, 4.69) is 10.5 Å². The van der Waals surface area contributed by atoms with Crippen LogP contribution in [-0.2, 0) is 10.4 Å². The Morgan fingerprint density at radius 3 is 1.70 bits per heavy atom. The van der Waals surface area contributed by atoms with Crippen LogP contribution in [0.4, 0.5) is 0 Å². The molecule has 1 amide bonds. The number of carbonyl (C=O) groups is 1. The van der Waals surface area contributed by atoms with Crippen molar-refractivity contribution in [3.63, 3.8) is 0 Å². The maximum Gasteiger partial charge on any atom is 0.276 e. The number of hydrogen-bond donors (Lipinski definition) is 2. The Hall–Kier alpha value is -3.76. The van der Waals surface area contributed by atoms with Crippen molar-refractivity contribution in [3.05, 3.63) is 120 Å². The van der Waals surface area contributed by atoms with Gasteiger partial charge in [-0.15, -0.1) is 0 Å². The first-order valence-corrected chi connectivity index (χ1v) is 9.68. The van der Waals surface area contributed by atoms with Gasteiger partial charge in [-0.25, -0.2) is 5.43 Å². The Balaban J connectivity index is 1.81. The summed E-state index contributed by atoms with van der Waals surface area (Å²) >= 11 is 0. The smallest absolute Gasteiger partial charge is 0.276 e. The predicted molar refractivity (Wildman–Crippen MR) is 123 cm³/mol. The van der Waals surface area contributed by atoms with E-state index in [1.807, 2.05) is 91.0 Å². The highest BCUT2D eigenvalue weighted by atomic mass is 16.3. The van der Waals surface area contributed by atoms with E-state index in [1.54, 1.807) is 24.3 Å². The minimum atomic E-state index is -1.69. The summed E-state index contributed by atoms with van der Waals surface area (Å²) < 4.78 is 0. The summed E-state index contributed by atoms with van der Waals surface area (Å²) in [5, 5.41) is 14.9. The predicted octanol–water partition coefficient (Wildman–Crippen LogP) is 4.79. The van der Waals surface area contributed by atoms with E-state index in [1.165, 1.54) is 6.92 Å². The highest BCUT2D eigenvalue weighted by Gasteiger charge is 2.32. The summed E-state index contributed by atoms with van der Waals surface area (Å²) in [6.45, 7) is 1.45. The van der Waals surface area contributed by atoms with Gasteiger partial charge in [0.15, 0.2) is 5.60 Å². The molecular formula is C26H24N2O2. The SMILES string of the molecule is C[C@@](O)(C(=O)NN=C(/C=C/c1ccccc1)/C=C/c1ccccc1)c1ccccc1. The van der Waals surface area contributed by atoms with Crippen molar-refractivity contribution in [2.75, 3.05) is 0 Å². The number of carbonyl (C=O) groups excluding carboxylic acids is 1. The van der Waals surface area contributed by atoms with Gasteiger partial charge in [0.25, 0.3) is 5.91 Å². The van der Waals surface area contributed by atoms with E-state index in [9.17, 15) is 9.90 Å². The fourth-order valence-corrected chi connectivity index (χ4v) is 2.74. The molecule has 0 radical (unpaired) electrons. The normalized spacial score (nSPS) is 13.1. The maximum atomic E-state index is 12.6. The van der Waals surface area contributed by atoms with E-state index in [-0.39, 0.29) is 0 Å². The molecule has 4 heteroatoms. The first kappa shape index (κ1) is 21.0. The van der Waals surface area contributed by atoms with Gasteiger partial charge in [0.1, 0.15) is 0 Å². The fraction of sp³-hybridized carbons (Fsp3) is 0.0769. The van der Waals surface area contributed by atoms with E-state index in [0.717, 1.165) is 11.1 Å². The first-order chi connectivity index (χ1) is 14.6. The first-order valence-electron chi connectivity index (χ1n) is 9.68. The number of benzene rings is 3. The van der Waals surface area contributed by atoms with Crippen molar-refractivity contribution >= 4 is 23.8 Å². The van der Waals surface area contributed by atoms with E-state index >= 15 is 0 Å². The number of nitrogens with one attached hydrogen (secondary N) is 1. The number of hydrogen-bond acceptors (Lipinski definition) is 3. The molecule has 0 spiro atoms. The lowest BCUT2D eigenvalue weighted by molar-refractivity contribution is -0.138. The number of hydrazone groups is 1. The van der Waals surface area contributed by atoms with Gasteiger partial charge in [-0.2, -0.15) is 5.10 Å². The summed E-state index contributed by atoms with van der Waals surface area (Å²) in [7, 11) is 0. The van der Waals surface area contributed by atoms with Crippen LogP contribution in [0.1, 0.15) is 23.6 Å². The molecule has 0 saturated carbocycles. The Bertz CT molecular complexity index is 987. The molecule has 0 bridgehead atoms. The number of amides is 1. The highest BCUT2D eigenvalue weighted by Crippen LogP contribution is 2.20. The molecule has 2 N–H and O–H groups in total. The lowest BCUT2D eigenvalue weighted by Crippen LogP contribution is -2.40. The Morgan fingerprint density at radius 1 is 0.800 bits per heavy atom. The van der Waals surface area contributed by atoms with Crippen molar-refractivity contribution in [1.82, 2.24) is 5.43 Å². The molecule has 30 heavy (non-hydrogen) atoms. The summed E-state index contributed by atoms with van der Waals surface area (Å²) in [6.07, 6.45) is 7.45. The third kappa shape index (κ3) is 5.87. The monoisotopic (exact) mass is 396 g/mol. The molecule has 3 aromatic rings. The standard InChI is InChI=1S/C26H24N2O2/c1-26(30,23-15-9-4-10-16-23)25(29)28-27-24(19-17-21-11-5-2-6-12-21)20-18-22-13-7-3-8-14-22/h2-20,30H,1H3,(H,28,29)/b19-17+,20-18+/t26-/m0/s1. The molecule has 150 valence electrons. The van der Waals surface area contributed by atoms with Crippen LogP contribution in [0.15, 0.2) is 108 Å². The van der Waals surface area contributed by atoms with Gasteiger partial charge in [-0.1, -0.05) is 103 Å². The molecule has 4 nitrogen and oxygen atoms in total. The van der Waals surface area contributed by atoms with Crippen molar-refractivity contribution < 1.29 is 9.90 Å². The van der Waals surface area contributed by atoms with Crippen LogP contribution in [0.5, 0.6) is 0 Å². The molecule has 3 aromatic carbocycles. The van der Waals surface area contributed by atoms with Crippen molar-refractivity contribution in [2.24, 2.45) is 5.10 Å². The molecule has 0 fully saturated rings. The molecule has 1 atom stereocenters. The van der Waals surface area contributed by atoms with Gasteiger partial charge in [-0.05, 0) is 35.8 Å². The molecule has 0 aliphatic heterocycles. The lowest BCUT2D eigenvalue weighted by Gasteiger charge is -2.21. The van der Waals surface area contributed by atoms with Gasteiger partial charge in [0.05, 0.1) is 5.71 Å². The highest BCUT2D eigenvalue weighted by molar-refractivity contribution is 6.09. The maximum absolute atomic E-state index is 12.6. The second kappa shape index (κ2) is 10.1. The average molecular weight is 396 g/mol. The molecule has 0 aliphatic carbocycles. The second-order valence-electron chi connectivity index (χ2n) is 6.90. The third-order valence-corrected chi connectivity index (χ3v) is 4.56. The quantitative estimate of drug-likeness (QED) is 0.445. The van der Waals surface area contributed by atoms with Gasteiger partial charge in [0, 0.05) is 0 Å². The minimum absolute atomic E-state index is 0.499.